The van der Waals surface area contributed by atoms with E-state index in [4.69, 9.17) is 4.74 Å². The molecular weight excluding hydrogens is 302 g/mol. The fourth-order valence-electron chi connectivity index (χ4n) is 3.71. The lowest BCUT2D eigenvalue weighted by Gasteiger charge is -2.27. The summed E-state index contributed by atoms with van der Waals surface area (Å²) < 4.78 is 6.01. The van der Waals surface area contributed by atoms with Gasteiger partial charge in [0.25, 0.3) is 0 Å². The van der Waals surface area contributed by atoms with Crippen molar-refractivity contribution in [2.75, 3.05) is 19.7 Å². The molecule has 5 nitrogen and oxygen atoms in total. The summed E-state index contributed by atoms with van der Waals surface area (Å²) in [7, 11) is 0. The number of rotatable bonds is 5. The molecule has 0 radical (unpaired) electrons. The van der Waals surface area contributed by atoms with Crippen LogP contribution in [0.4, 0.5) is 0 Å². The molecule has 4 rings (SSSR count). The molecule has 0 unspecified atom stereocenters. The zero-order valence-electron chi connectivity index (χ0n) is 14.1. The molecule has 2 aliphatic rings. The average molecular weight is 325 g/mol. The lowest BCUT2D eigenvalue weighted by atomic mass is 10.1. The highest BCUT2D eigenvalue weighted by molar-refractivity contribution is 5.85. The van der Waals surface area contributed by atoms with Crippen molar-refractivity contribution < 1.29 is 9.53 Å². The lowest BCUT2D eigenvalue weighted by molar-refractivity contribution is -0.125. The minimum absolute atomic E-state index is 0.166. The number of nitrogens with zero attached hydrogens (tertiary/aromatic N) is 1. The molecule has 2 fully saturated rings. The summed E-state index contributed by atoms with van der Waals surface area (Å²) in [5.41, 5.74) is 0.501. The van der Waals surface area contributed by atoms with E-state index in [1.165, 1.54) is 0 Å². The fourth-order valence-corrected chi connectivity index (χ4v) is 3.71. The monoisotopic (exact) mass is 325 g/mol. The summed E-state index contributed by atoms with van der Waals surface area (Å²) in [4.78, 5) is 16.8. The zero-order valence-corrected chi connectivity index (χ0v) is 14.1. The number of pyridine rings is 1. The van der Waals surface area contributed by atoms with Crippen LogP contribution in [-0.4, -0.2) is 36.1 Å². The number of amides is 1. The maximum absolute atomic E-state index is 12.5. The Morgan fingerprint density at radius 1 is 1.29 bits per heavy atom. The van der Waals surface area contributed by atoms with E-state index in [1.54, 1.807) is 6.20 Å². The summed E-state index contributed by atoms with van der Waals surface area (Å²) in [5.74, 6) is 2.22. The third kappa shape index (κ3) is 2.84. The van der Waals surface area contributed by atoms with E-state index in [-0.39, 0.29) is 11.8 Å². The number of ether oxygens (including phenoxy) is 1. The first-order valence-electron chi connectivity index (χ1n) is 8.54. The van der Waals surface area contributed by atoms with Crippen LogP contribution in [0.5, 0.6) is 5.75 Å². The molecule has 2 N–H and O–H groups in total. The first-order valence-corrected chi connectivity index (χ1v) is 8.54. The summed E-state index contributed by atoms with van der Waals surface area (Å²) in [6, 6.07) is 9.78. The largest absolute Gasteiger partial charge is 0.490 e. The van der Waals surface area contributed by atoms with Crippen LogP contribution in [0.2, 0.25) is 0 Å². The molecule has 1 saturated carbocycles. The molecule has 2 aromatic rings. The Morgan fingerprint density at radius 3 is 2.83 bits per heavy atom. The number of hydrogen-bond donors (Lipinski definition) is 2. The fraction of sp³-hybridized carbons (Fsp3) is 0.474. The van der Waals surface area contributed by atoms with E-state index in [1.807, 2.05) is 44.2 Å². The quantitative estimate of drug-likeness (QED) is 0.882. The van der Waals surface area contributed by atoms with Gasteiger partial charge >= 0.3 is 0 Å². The van der Waals surface area contributed by atoms with Crippen molar-refractivity contribution in [3.05, 3.63) is 36.5 Å². The molecule has 126 valence electrons. The lowest BCUT2D eigenvalue weighted by Crippen LogP contribution is -2.49. The van der Waals surface area contributed by atoms with E-state index in [0.717, 1.165) is 29.7 Å². The number of carbonyl (C=O) groups is 1. The SMILES string of the molecule is CC(C)(COc1ccnc2ccccc12)NC(=O)[C@H]1[C@@H]2CNC[C@@H]21. The van der Waals surface area contributed by atoms with Crippen LogP contribution in [0.25, 0.3) is 10.9 Å². The van der Waals surface area contributed by atoms with Gasteiger partial charge in [-0.2, -0.15) is 0 Å². The van der Waals surface area contributed by atoms with Gasteiger partial charge in [0.2, 0.25) is 5.91 Å². The molecule has 1 amide bonds. The van der Waals surface area contributed by atoms with Gasteiger partial charge in [-0.25, -0.2) is 0 Å². The minimum atomic E-state index is -0.411. The molecule has 1 aromatic heterocycles. The number of fused-ring (bicyclic) bond motifs is 2. The van der Waals surface area contributed by atoms with Crippen molar-refractivity contribution in [1.82, 2.24) is 15.6 Å². The molecule has 24 heavy (non-hydrogen) atoms. The smallest absolute Gasteiger partial charge is 0.224 e. The molecule has 5 heteroatoms. The predicted molar refractivity (Wildman–Crippen MR) is 92.8 cm³/mol. The van der Waals surface area contributed by atoms with Crippen LogP contribution in [0.1, 0.15) is 13.8 Å². The second-order valence-corrected chi connectivity index (χ2v) is 7.50. The Hall–Kier alpha value is -2.14. The zero-order chi connectivity index (χ0) is 16.7. The molecule has 1 aromatic carbocycles. The topological polar surface area (TPSA) is 63.2 Å². The van der Waals surface area contributed by atoms with Gasteiger partial charge in [-0.05, 0) is 57.0 Å². The van der Waals surface area contributed by atoms with Gasteiger partial charge in [0, 0.05) is 17.5 Å². The third-order valence-electron chi connectivity index (χ3n) is 5.05. The van der Waals surface area contributed by atoms with Gasteiger partial charge < -0.3 is 15.4 Å². The van der Waals surface area contributed by atoms with Crippen molar-refractivity contribution in [1.29, 1.82) is 0 Å². The number of hydrogen-bond acceptors (Lipinski definition) is 4. The van der Waals surface area contributed by atoms with Crippen molar-refractivity contribution >= 4 is 16.8 Å². The van der Waals surface area contributed by atoms with Crippen LogP contribution >= 0.6 is 0 Å². The normalized spacial score (nSPS) is 25.3. The second-order valence-electron chi connectivity index (χ2n) is 7.50. The first-order chi connectivity index (χ1) is 11.6. The molecule has 1 saturated heterocycles. The average Bonchev–Trinajstić information content (AvgIpc) is 3.06. The Labute approximate surface area is 141 Å². The number of benzene rings is 1. The van der Waals surface area contributed by atoms with Crippen LogP contribution in [0.15, 0.2) is 36.5 Å². The van der Waals surface area contributed by atoms with E-state index >= 15 is 0 Å². The summed E-state index contributed by atoms with van der Waals surface area (Å²) in [6.45, 7) is 6.38. The molecule has 1 aliphatic heterocycles. The van der Waals surface area contributed by atoms with Crippen LogP contribution in [0.3, 0.4) is 0 Å². The van der Waals surface area contributed by atoms with E-state index < -0.39 is 5.54 Å². The first kappa shape index (κ1) is 15.4. The van der Waals surface area contributed by atoms with Gasteiger partial charge in [-0.1, -0.05) is 12.1 Å². The number of carbonyl (C=O) groups excluding carboxylic acids is 1. The van der Waals surface area contributed by atoms with Crippen LogP contribution in [0, 0.1) is 17.8 Å². The van der Waals surface area contributed by atoms with E-state index in [2.05, 4.69) is 15.6 Å². The van der Waals surface area contributed by atoms with Crippen LogP contribution in [-0.2, 0) is 4.79 Å². The Kier molecular flexibility index (Phi) is 3.68. The third-order valence-corrected chi connectivity index (χ3v) is 5.05. The Bertz CT molecular complexity index is 759. The van der Waals surface area contributed by atoms with Gasteiger partial charge in [-0.15, -0.1) is 0 Å². The summed E-state index contributed by atoms with van der Waals surface area (Å²) in [6.07, 6.45) is 1.75. The van der Waals surface area contributed by atoms with Gasteiger partial charge in [0.1, 0.15) is 12.4 Å². The van der Waals surface area contributed by atoms with Gasteiger partial charge in [-0.3, -0.25) is 9.78 Å². The number of nitrogens with one attached hydrogen (secondary N) is 2. The van der Waals surface area contributed by atoms with Crippen molar-refractivity contribution in [2.45, 2.75) is 19.4 Å². The van der Waals surface area contributed by atoms with E-state index in [0.29, 0.717) is 18.4 Å². The highest BCUT2D eigenvalue weighted by Gasteiger charge is 2.57. The van der Waals surface area contributed by atoms with E-state index in [9.17, 15) is 4.79 Å². The Balaban J connectivity index is 1.39. The van der Waals surface area contributed by atoms with Crippen molar-refractivity contribution in [3.8, 4) is 5.75 Å². The summed E-state index contributed by atoms with van der Waals surface area (Å²) >= 11 is 0. The number of para-hydroxylation sites is 1. The van der Waals surface area contributed by atoms with Crippen LogP contribution < -0.4 is 15.4 Å². The highest BCUT2D eigenvalue weighted by Crippen LogP contribution is 2.48. The molecule has 1 aliphatic carbocycles. The molecule has 0 spiro atoms. The van der Waals surface area contributed by atoms with Gasteiger partial charge in [0.15, 0.2) is 0 Å². The second kappa shape index (κ2) is 5.74. The van der Waals surface area contributed by atoms with Crippen molar-refractivity contribution in [3.63, 3.8) is 0 Å². The molecule has 0 bridgehead atoms. The predicted octanol–water partition coefficient (Wildman–Crippen LogP) is 1.97. The maximum atomic E-state index is 12.5. The van der Waals surface area contributed by atoms with Crippen molar-refractivity contribution in [2.24, 2.45) is 17.8 Å². The molecule has 2 heterocycles. The maximum Gasteiger partial charge on any atom is 0.224 e. The minimum Gasteiger partial charge on any atom is -0.490 e. The summed E-state index contributed by atoms with van der Waals surface area (Å²) in [5, 5.41) is 7.47. The molecular formula is C19H23N3O2. The standard InChI is InChI=1S/C19H23N3O2/c1-19(2,22-18(23)17-13-9-20-10-14(13)17)11-24-16-7-8-21-15-6-4-3-5-12(15)16/h3-8,13-14,17,20H,9-11H2,1-2H3,(H,22,23)/t13-,14+,17+. The Morgan fingerprint density at radius 2 is 2.04 bits per heavy atom. The highest BCUT2D eigenvalue weighted by atomic mass is 16.5. The molecule has 3 atom stereocenters. The number of piperidine rings is 1. The number of aromatic nitrogens is 1. The van der Waals surface area contributed by atoms with Gasteiger partial charge in [0.05, 0.1) is 11.1 Å².